The van der Waals surface area contributed by atoms with E-state index in [0.717, 1.165) is 17.1 Å². The first-order valence-electron chi connectivity index (χ1n) is 4.74. The summed E-state index contributed by atoms with van der Waals surface area (Å²) in [6.07, 6.45) is 4.38. The van der Waals surface area contributed by atoms with Crippen molar-refractivity contribution in [3.63, 3.8) is 0 Å². The highest BCUT2D eigenvalue weighted by molar-refractivity contribution is 9.10. The van der Waals surface area contributed by atoms with Crippen molar-refractivity contribution in [3.05, 3.63) is 16.9 Å². The zero-order chi connectivity index (χ0) is 9.10. The van der Waals surface area contributed by atoms with Crippen LogP contribution in [0.15, 0.2) is 16.9 Å². The molecule has 0 bridgehead atoms. The molecule has 0 saturated carbocycles. The molecule has 3 nitrogen and oxygen atoms in total. The highest BCUT2D eigenvalue weighted by atomic mass is 79.9. The number of aryl methyl sites for hydroxylation is 1. The Balaban J connectivity index is 1.82. The Morgan fingerprint density at radius 1 is 1.69 bits per heavy atom. The largest absolute Gasteiger partial charge is 0.316 e. The molecular formula is C9H14BrN3. The summed E-state index contributed by atoms with van der Waals surface area (Å²) in [7, 11) is 0. The lowest BCUT2D eigenvalue weighted by atomic mass is 10.1. The fourth-order valence-electron chi connectivity index (χ4n) is 1.75. The lowest BCUT2D eigenvalue weighted by Crippen LogP contribution is -2.11. The standard InChI is InChI=1S/C9H14BrN3/c10-9-2-5-12-13(9)6-3-8-1-4-11-7-8/h2,5,8,11H,1,3-4,6-7H2. The maximum absolute atomic E-state index is 4.23. The zero-order valence-corrected chi connectivity index (χ0v) is 9.13. The van der Waals surface area contributed by atoms with Gasteiger partial charge in [0, 0.05) is 6.54 Å². The van der Waals surface area contributed by atoms with E-state index < -0.39 is 0 Å². The van der Waals surface area contributed by atoms with Crippen LogP contribution in [0.5, 0.6) is 0 Å². The molecule has 0 aliphatic carbocycles. The van der Waals surface area contributed by atoms with E-state index in [4.69, 9.17) is 0 Å². The van der Waals surface area contributed by atoms with Crippen molar-refractivity contribution in [3.8, 4) is 0 Å². The van der Waals surface area contributed by atoms with Gasteiger partial charge in [0.1, 0.15) is 4.60 Å². The van der Waals surface area contributed by atoms with Gasteiger partial charge in [-0.05, 0) is 53.8 Å². The molecule has 1 aromatic heterocycles. The molecule has 0 aromatic carbocycles. The first-order valence-corrected chi connectivity index (χ1v) is 5.53. The number of halogens is 1. The summed E-state index contributed by atoms with van der Waals surface area (Å²) in [6, 6.07) is 1.98. The van der Waals surface area contributed by atoms with E-state index in [2.05, 4.69) is 26.3 Å². The fourth-order valence-corrected chi connectivity index (χ4v) is 2.13. The van der Waals surface area contributed by atoms with E-state index >= 15 is 0 Å². The van der Waals surface area contributed by atoms with Crippen molar-refractivity contribution in [1.82, 2.24) is 15.1 Å². The van der Waals surface area contributed by atoms with Crippen molar-refractivity contribution in [2.24, 2.45) is 5.92 Å². The van der Waals surface area contributed by atoms with E-state index in [1.54, 1.807) is 0 Å². The molecule has 1 N–H and O–H groups in total. The molecule has 0 radical (unpaired) electrons. The zero-order valence-electron chi connectivity index (χ0n) is 7.54. The Hall–Kier alpha value is -0.350. The molecule has 1 atom stereocenters. The number of nitrogens with one attached hydrogen (secondary N) is 1. The van der Waals surface area contributed by atoms with Crippen LogP contribution < -0.4 is 5.32 Å². The Morgan fingerprint density at radius 3 is 3.23 bits per heavy atom. The van der Waals surface area contributed by atoms with Crippen LogP contribution in [0.1, 0.15) is 12.8 Å². The fraction of sp³-hybridized carbons (Fsp3) is 0.667. The minimum Gasteiger partial charge on any atom is -0.316 e. The molecular weight excluding hydrogens is 230 g/mol. The van der Waals surface area contributed by atoms with Crippen molar-refractivity contribution in [2.75, 3.05) is 13.1 Å². The smallest absolute Gasteiger partial charge is 0.104 e. The molecule has 1 aliphatic rings. The maximum atomic E-state index is 4.23. The predicted octanol–water partition coefficient (Wildman–Crippen LogP) is 1.65. The molecule has 13 heavy (non-hydrogen) atoms. The Bertz CT molecular complexity index is 266. The number of rotatable bonds is 3. The summed E-state index contributed by atoms with van der Waals surface area (Å²) in [5, 5.41) is 7.60. The Morgan fingerprint density at radius 2 is 2.62 bits per heavy atom. The van der Waals surface area contributed by atoms with Crippen molar-refractivity contribution in [1.29, 1.82) is 0 Å². The summed E-state index contributed by atoms with van der Waals surface area (Å²) in [4.78, 5) is 0. The predicted molar refractivity (Wildman–Crippen MR) is 55.5 cm³/mol. The van der Waals surface area contributed by atoms with E-state index in [1.807, 2.05) is 16.9 Å². The second kappa shape index (κ2) is 4.24. The van der Waals surface area contributed by atoms with Crippen molar-refractivity contribution < 1.29 is 0 Å². The first kappa shape index (κ1) is 9.21. The van der Waals surface area contributed by atoms with Crippen LogP contribution in [-0.4, -0.2) is 22.9 Å². The molecule has 2 rings (SSSR count). The summed E-state index contributed by atoms with van der Waals surface area (Å²) >= 11 is 3.46. The van der Waals surface area contributed by atoms with Crippen molar-refractivity contribution >= 4 is 15.9 Å². The molecule has 1 aromatic rings. The average Bonchev–Trinajstić information content (AvgIpc) is 2.72. The minimum atomic E-state index is 0.844. The average molecular weight is 244 g/mol. The Labute approximate surface area is 86.6 Å². The van der Waals surface area contributed by atoms with Gasteiger partial charge in [0.05, 0.1) is 6.20 Å². The molecule has 1 saturated heterocycles. The van der Waals surface area contributed by atoms with E-state index in [-0.39, 0.29) is 0 Å². The quantitative estimate of drug-likeness (QED) is 0.876. The number of nitrogens with zero attached hydrogens (tertiary/aromatic N) is 2. The lowest BCUT2D eigenvalue weighted by Gasteiger charge is -2.08. The van der Waals surface area contributed by atoms with Gasteiger partial charge in [-0.2, -0.15) is 5.10 Å². The van der Waals surface area contributed by atoms with E-state index in [1.165, 1.54) is 25.9 Å². The molecule has 1 aliphatic heterocycles. The number of aromatic nitrogens is 2. The van der Waals surface area contributed by atoms with Crippen LogP contribution in [0.4, 0.5) is 0 Å². The Kier molecular flexibility index (Phi) is 3.01. The third-order valence-corrected chi connectivity index (χ3v) is 3.25. The highest BCUT2D eigenvalue weighted by Gasteiger charge is 2.14. The number of hydrogen-bond acceptors (Lipinski definition) is 2. The van der Waals surface area contributed by atoms with Crippen LogP contribution in [0.25, 0.3) is 0 Å². The van der Waals surface area contributed by atoms with Gasteiger partial charge in [0.2, 0.25) is 0 Å². The van der Waals surface area contributed by atoms with Crippen LogP contribution in [-0.2, 0) is 6.54 Å². The third-order valence-electron chi connectivity index (χ3n) is 2.58. The van der Waals surface area contributed by atoms with Gasteiger partial charge < -0.3 is 5.32 Å². The summed E-state index contributed by atoms with van der Waals surface area (Å²) in [6.45, 7) is 3.39. The normalized spacial score (nSPS) is 22.4. The van der Waals surface area contributed by atoms with Gasteiger partial charge in [-0.3, -0.25) is 4.68 Å². The first-order chi connectivity index (χ1) is 6.36. The molecule has 1 unspecified atom stereocenters. The van der Waals surface area contributed by atoms with Gasteiger partial charge >= 0.3 is 0 Å². The van der Waals surface area contributed by atoms with Crippen LogP contribution in [0.2, 0.25) is 0 Å². The van der Waals surface area contributed by atoms with Gasteiger partial charge in [-0.1, -0.05) is 0 Å². The van der Waals surface area contributed by atoms with Gasteiger partial charge in [0.15, 0.2) is 0 Å². The van der Waals surface area contributed by atoms with Crippen LogP contribution in [0.3, 0.4) is 0 Å². The van der Waals surface area contributed by atoms with Crippen LogP contribution in [0, 0.1) is 5.92 Å². The summed E-state index contributed by atoms with van der Waals surface area (Å²) in [5.74, 6) is 0.844. The summed E-state index contributed by atoms with van der Waals surface area (Å²) < 4.78 is 3.09. The molecule has 1 fully saturated rings. The number of hydrogen-bond donors (Lipinski definition) is 1. The van der Waals surface area contributed by atoms with E-state index in [9.17, 15) is 0 Å². The minimum absolute atomic E-state index is 0.844. The monoisotopic (exact) mass is 243 g/mol. The lowest BCUT2D eigenvalue weighted by molar-refractivity contribution is 0.454. The van der Waals surface area contributed by atoms with Gasteiger partial charge in [0.25, 0.3) is 0 Å². The molecule has 72 valence electrons. The molecule has 0 spiro atoms. The SMILES string of the molecule is Brc1ccnn1CCC1CCNC1. The molecule has 2 heterocycles. The highest BCUT2D eigenvalue weighted by Crippen LogP contribution is 2.15. The van der Waals surface area contributed by atoms with Gasteiger partial charge in [-0.25, -0.2) is 0 Å². The maximum Gasteiger partial charge on any atom is 0.104 e. The second-order valence-electron chi connectivity index (χ2n) is 3.52. The molecule has 4 heteroatoms. The topological polar surface area (TPSA) is 29.9 Å². The van der Waals surface area contributed by atoms with E-state index in [0.29, 0.717) is 0 Å². The molecule has 0 amide bonds. The van der Waals surface area contributed by atoms with Crippen molar-refractivity contribution in [2.45, 2.75) is 19.4 Å². The summed E-state index contributed by atoms with van der Waals surface area (Å²) in [5.41, 5.74) is 0. The second-order valence-corrected chi connectivity index (χ2v) is 4.34. The van der Waals surface area contributed by atoms with Crippen LogP contribution >= 0.6 is 15.9 Å². The van der Waals surface area contributed by atoms with Gasteiger partial charge in [-0.15, -0.1) is 0 Å². The third kappa shape index (κ3) is 2.31.